The highest BCUT2D eigenvalue weighted by Gasteiger charge is 2.25. The maximum Gasteiger partial charge on any atom is 0.326 e. The highest BCUT2D eigenvalue weighted by molar-refractivity contribution is 5.99. The summed E-state index contributed by atoms with van der Waals surface area (Å²) in [6.45, 7) is -0.0229. The van der Waals surface area contributed by atoms with Gasteiger partial charge >= 0.3 is 11.9 Å². The molecule has 2 heterocycles. The Kier molecular flexibility index (Phi) is 7.33. The third kappa shape index (κ3) is 5.80. The van der Waals surface area contributed by atoms with Crippen LogP contribution >= 0.6 is 0 Å². The fourth-order valence-electron chi connectivity index (χ4n) is 3.09. The molecule has 0 radical (unpaired) electrons. The van der Waals surface area contributed by atoms with Gasteiger partial charge in [0, 0.05) is 17.7 Å². The monoisotopic (exact) mass is 471 g/mol. The van der Waals surface area contributed by atoms with Gasteiger partial charge in [-0.25, -0.2) is 14.8 Å². The van der Waals surface area contributed by atoms with Gasteiger partial charge in [-0.3, -0.25) is 24.9 Å². The van der Waals surface area contributed by atoms with Gasteiger partial charge in [0.05, 0.1) is 18.4 Å². The molecule has 0 spiro atoms. The molecule has 3 rings (SSSR count). The van der Waals surface area contributed by atoms with Crippen molar-refractivity contribution in [1.29, 1.82) is 0 Å². The van der Waals surface area contributed by atoms with Crippen LogP contribution in [0.5, 0.6) is 0 Å². The average Bonchev–Trinajstić information content (AvgIpc) is 2.80. The second-order valence-corrected chi connectivity index (χ2v) is 7.23. The van der Waals surface area contributed by atoms with Crippen molar-refractivity contribution in [2.75, 3.05) is 10.2 Å². The van der Waals surface area contributed by atoms with Gasteiger partial charge in [0.25, 0.3) is 11.8 Å². The van der Waals surface area contributed by atoms with E-state index in [2.05, 4.69) is 25.9 Å². The molecule has 0 aliphatic carbocycles. The van der Waals surface area contributed by atoms with E-state index in [0.717, 1.165) is 0 Å². The molecule has 1 aliphatic heterocycles. The van der Waals surface area contributed by atoms with E-state index in [0.29, 0.717) is 17.8 Å². The van der Waals surface area contributed by atoms with Crippen molar-refractivity contribution in [3.05, 3.63) is 47.4 Å². The van der Waals surface area contributed by atoms with E-state index in [1.807, 2.05) is 0 Å². The van der Waals surface area contributed by atoms with Crippen molar-refractivity contribution in [1.82, 2.24) is 20.6 Å². The van der Waals surface area contributed by atoms with Crippen molar-refractivity contribution in [2.24, 2.45) is 5.73 Å². The molecule has 1 unspecified atom stereocenters. The molecule has 2 aromatic rings. The standard InChI is InChI=1S/C20H21N7O7/c21-20-25-16-15(18(32)26-20)23-11(7-22-16)8-27(9-28)12-3-1-10(2-4-12)17(31)24-13(19(33)34)5-6-14(29)30/h1-4,7,9,13,20H,5-6,8,21H2,(H,22,25)(H,24,31)(H,26,32)(H,29,30)(H,33,34)/t13-,20?/m1/s1. The Bertz CT molecular complexity index is 1120. The number of nitrogens with two attached hydrogens (primary N) is 1. The van der Waals surface area contributed by atoms with E-state index >= 15 is 0 Å². The van der Waals surface area contributed by atoms with Crippen LogP contribution in [-0.4, -0.2) is 62.7 Å². The number of amides is 3. The van der Waals surface area contributed by atoms with E-state index < -0.39 is 42.5 Å². The lowest BCUT2D eigenvalue weighted by Gasteiger charge is -2.24. The van der Waals surface area contributed by atoms with Crippen LogP contribution in [0.1, 0.15) is 39.4 Å². The molecule has 1 aromatic heterocycles. The summed E-state index contributed by atoms with van der Waals surface area (Å²) in [4.78, 5) is 67.6. The lowest BCUT2D eigenvalue weighted by Crippen LogP contribution is -2.51. The average molecular weight is 471 g/mol. The molecular formula is C20H21N7O7. The molecule has 14 nitrogen and oxygen atoms in total. The van der Waals surface area contributed by atoms with Crippen LogP contribution in [0.15, 0.2) is 30.5 Å². The zero-order chi connectivity index (χ0) is 24.8. The number of hydrogen-bond donors (Lipinski definition) is 6. The SMILES string of the molecule is NC1NC(=O)c2nc(CN(C=O)c3ccc(C(=O)N[C@H](CCC(=O)O)C(=O)O)cc3)cnc2N1. The van der Waals surface area contributed by atoms with Gasteiger partial charge in [-0.1, -0.05) is 0 Å². The molecule has 3 amide bonds. The van der Waals surface area contributed by atoms with Gasteiger partial charge in [0.2, 0.25) is 6.41 Å². The number of carbonyl (C=O) groups excluding carboxylic acids is 3. The third-order valence-electron chi connectivity index (χ3n) is 4.79. The third-order valence-corrected chi connectivity index (χ3v) is 4.79. The number of anilines is 2. The first-order chi connectivity index (χ1) is 16.2. The van der Waals surface area contributed by atoms with Gasteiger partial charge in [0.15, 0.2) is 17.8 Å². The van der Waals surface area contributed by atoms with Crippen molar-refractivity contribution >= 4 is 41.7 Å². The summed E-state index contributed by atoms with van der Waals surface area (Å²) in [6, 6.07) is 4.34. The number of aromatic nitrogens is 2. The van der Waals surface area contributed by atoms with E-state index in [-0.39, 0.29) is 30.0 Å². The Hall–Kier alpha value is -4.59. The molecule has 0 fully saturated rings. The number of nitrogens with zero attached hydrogens (tertiary/aromatic N) is 3. The summed E-state index contributed by atoms with van der Waals surface area (Å²) in [6.07, 6.45) is 0.454. The highest BCUT2D eigenvalue weighted by atomic mass is 16.4. The van der Waals surface area contributed by atoms with Gasteiger partial charge in [-0.2, -0.15) is 0 Å². The number of aliphatic carboxylic acids is 2. The van der Waals surface area contributed by atoms with E-state index in [1.54, 1.807) is 0 Å². The lowest BCUT2D eigenvalue weighted by atomic mass is 10.1. The first kappa shape index (κ1) is 24.1. The first-order valence-electron chi connectivity index (χ1n) is 9.94. The number of carbonyl (C=O) groups is 5. The number of rotatable bonds is 10. The Labute approximate surface area is 192 Å². The second-order valence-electron chi connectivity index (χ2n) is 7.23. The molecular weight excluding hydrogens is 450 g/mol. The predicted octanol–water partition coefficient (Wildman–Crippen LogP) is -0.915. The summed E-state index contributed by atoms with van der Waals surface area (Å²) in [7, 11) is 0. The normalized spacial score (nSPS) is 15.2. The van der Waals surface area contributed by atoms with Gasteiger partial charge < -0.3 is 31.1 Å². The highest BCUT2D eigenvalue weighted by Crippen LogP contribution is 2.19. The Morgan fingerprint density at radius 3 is 2.53 bits per heavy atom. The molecule has 2 atom stereocenters. The van der Waals surface area contributed by atoms with Crippen molar-refractivity contribution in [3.63, 3.8) is 0 Å². The minimum atomic E-state index is -1.36. The van der Waals surface area contributed by atoms with Gasteiger partial charge in [-0.15, -0.1) is 0 Å². The maximum atomic E-state index is 12.4. The minimum Gasteiger partial charge on any atom is -0.481 e. The summed E-state index contributed by atoms with van der Waals surface area (Å²) >= 11 is 0. The summed E-state index contributed by atoms with van der Waals surface area (Å²) < 4.78 is 0. The molecule has 1 aromatic carbocycles. The van der Waals surface area contributed by atoms with Crippen LogP contribution in [0.25, 0.3) is 0 Å². The predicted molar refractivity (Wildman–Crippen MR) is 116 cm³/mol. The molecule has 34 heavy (non-hydrogen) atoms. The van der Waals surface area contributed by atoms with Crippen LogP contribution in [-0.2, 0) is 20.9 Å². The number of carboxylic acids is 2. The van der Waals surface area contributed by atoms with Gasteiger partial charge in [0.1, 0.15) is 6.04 Å². The van der Waals surface area contributed by atoms with E-state index in [1.165, 1.54) is 35.4 Å². The summed E-state index contributed by atoms with van der Waals surface area (Å²) in [5, 5.41) is 25.4. The maximum absolute atomic E-state index is 12.4. The number of benzene rings is 1. The fourth-order valence-corrected chi connectivity index (χ4v) is 3.09. The smallest absolute Gasteiger partial charge is 0.326 e. The van der Waals surface area contributed by atoms with E-state index in [4.69, 9.17) is 10.8 Å². The first-order valence-corrected chi connectivity index (χ1v) is 9.94. The Balaban J connectivity index is 1.69. The number of hydrogen-bond acceptors (Lipinski definition) is 9. The van der Waals surface area contributed by atoms with Crippen LogP contribution in [0, 0.1) is 0 Å². The molecule has 14 heteroatoms. The van der Waals surface area contributed by atoms with Crippen molar-refractivity contribution in [2.45, 2.75) is 31.7 Å². The van der Waals surface area contributed by atoms with Crippen LogP contribution < -0.4 is 26.6 Å². The zero-order valence-corrected chi connectivity index (χ0v) is 17.6. The Morgan fingerprint density at radius 2 is 1.91 bits per heavy atom. The minimum absolute atomic E-state index is 0.0229. The topological polar surface area (TPSA) is 217 Å². The number of fused-ring (bicyclic) bond motifs is 1. The second kappa shape index (κ2) is 10.4. The summed E-state index contributed by atoms with van der Waals surface area (Å²) in [5.41, 5.74) is 6.48. The van der Waals surface area contributed by atoms with Crippen LogP contribution in [0.3, 0.4) is 0 Å². The van der Waals surface area contributed by atoms with Crippen molar-refractivity contribution in [3.8, 4) is 0 Å². The Morgan fingerprint density at radius 1 is 1.21 bits per heavy atom. The molecule has 178 valence electrons. The quantitative estimate of drug-likeness (QED) is 0.233. The molecule has 0 saturated heterocycles. The zero-order valence-electron chi connectivity index (χ0n) is 17.6. The van der Waals surface area contributed by atoms with E-state index in [9.17, 15) is 29.1 Å². The van der Waals surface area contributed by atoms with Crippen LogP contribution in [0.2, 0.25) is 0 Å². The molecule has 7 N–H and O–H groups in total. The van der Waals surface area contributed by atoms with Crippen LogP contribution in [0.4, 0.5) is 11.5 Å². The molecule has 0 saturated carbocycles. The number of carboxylic acid groups (broad SMARTS) is 2. The fraction of sp³-hybridized carbons (Fsp3) is 0.250. The molecule has 1 aliphatic rings. The van der Waals surface area contributed by atoms with Crippen molar-refractivity contribution < 1.29 is 34.2 Å². The summed E-state index contributed by atoms with van der Waals surface area (Å²) in [5.74, 6) is -3.53. The number of nitrogens with one attached hydrogen (secondary N) is 3. The molecule has 0 bridgehead atoms. The van der Waals surface area contributed by atoms with Gasteiger partial charge in [-0.05, 0) is 30.7 Å². The lowest BCUT2D eigenvalue weighted by molar-refractivity contribution is -0.140. The largest absolute Gasteiger partial charge is 0.481 e.